The molecule has 1 aromatic carbocycles. The summed E-state index contributed by atoms with van der Waals surface area (Å²) < 4.78 is 16.2. The number of methoxy groups -OCH3 is 3. The van der Waals surface area contributed by atoms with E-state index in [9.17, 15) is 0 Å². The molecule has 0 radical (unpaired) electrons. The highest BCUT2D eigenvalue weighted by molar-refractivity contribution is 5.54. The van der Waals surface area contributed by atoms with Gasteiger partial charge in [-0.25, -0.2) is 0 Å². The minimum absolute atomic E-state index is 0.374. The first-order valence-corrected chi connectivity index (χ1v) is 6.78. The monoisotopic (exact) mass is 265 g/mol. The van der Waals surface area contributed by atoms with Gasteiger partial charge >= 0.3 is 0 Å². The molecule has 0 amide bonds. The van der Waals surface area contributed by atoms with Gasteiger partial charge in [0.05, 0.1) is 21.3 Å². The number of hydrogen-bond acceptors (Lipinski definition) is 4. The van der Waals surface area contributed by atoms with E-state index in [1.54, 1.807) is 21.3 Å². The molecule has 2 atom stereocenters. The molecule has 1 fully saturated rings. The van der Waals surface area contributed by atoms with Crippen molar-refractivity contribution in [3.05, 3.63) is 17.7 Å². The van der Waals surface area contributed by atoms with E-state index >= 15 is 0 Å². The van der Waals surface area contributed by atoms with Crippen molar-refractivity contribution in [3.8, 4) is 17.2 Å². The molecule has 1 aromatic rings. The molecule has 4 nitrogen and oxygen atoms in total. The van der Waals surface area contributed by atoms with Crippen LogP contribution in [0.5, 0.6) is 17.2 Å². The van der Waals surface area contributed by atoms with Gasteiger partial charge in [-0.05, 0) is 36.6 Å². The van der Waals surface area contributed by atoms with Gasteiger partial charge in [0.25, 0.3) is 0 Å². The summed E-state index contributed by atoms with van der Waals surface area (Å²) in [6.45, 7) is 3.31. The summed E-state index contributed by atoms with van der Waals surface area (Å²) in [5, 5.41) is 3.56. The fourth-order valence-corrected chi connectivity index (χ4v) is 2.87. The van der Waals surface area contributed by atoms with Crippen molar-refractivity contribution in [1.29, 1.82) is 0 Å². The van der Waals surface area contributed by atoms with Gasteiger partial charge in [-0.3, -0.25) is 0 Å². The van der Waals surface area contributed by atoms with Crippen LogP contribution < -0.4 is 19.5 Å². The molecule has 0 aliphatic carbocycles. The van der Waals surface area contributed by atoms with Gasteiger partial charge in [0.15, 0.2) is 11.5 Å². The van der Waals surface area contributed by atoms with Crippen LogP contribution in [-0.4, -0.2) is 27.9 Å². The van der Waals surface area contributed by atoms with Crippen molar-refractivity contribution in [2.24, 2.45) is 5.92 Å². The molecule has 0 saturated carbocycles. The van der Waals surface area contributed by atoms with Crippen LogP contribution in [0.4, 0.5) is 0 Å². The molecule has 106 valence electrons. The summed E-state index contributed by atoms with van der Waals surface area (Å²) in [5.74, 6) is 2.77. The normalized spacial score (nSPS) is 22.3. The Morgan fingerprint density at radius 1 is 1.11 bits per heavy atom. The maximum absolute atomic E-state index is 5.42. The minimum atomic E-state index is 0.374. The van der Waals surface area contributed by atoms with Crippen molar-refractivity contribution in [2.75, 3.05) is 27.9 Å². The summed E-state index contributed by atoms with van der Waals surface area (Å²) in [5.41, 5.74) is 1.21. The van der Waals surface area contributed by atoms with Crippen LogP contribution >= 0.6 is 0 Å². The molecule has 4 heteroatoms. The lowest BCUT2D eigenvalue weighted by Gasteiger charge is -2.21. The number of benzene rings is 1. The Morgan fingerprint density at radius 2 is 1.74 bits per heavy atom. The lowest BCUT2D eigenvalue weighted by Crippen LogP contribution is -2.17. The minimum Gasteiger partial charge on any atom is -0.493 e. The summed E-state index contributed by atoms with van der Waals surface area (Å²) in [6, 6.07) is 4.47. The molecule has 1 N–H and O–H groups in total. The van der Waals surface area contributed by atoms with E-state index in [1.807, 2.05) is 12.1 Å². The summed E-state index contributed by atoms with van der Waals surface area (Å²) >= 11 is 0. The van der Waals surface area contributed by atoms with Gasteiger partial charge in [0, 0.05) is 6.04 Å². The first kappa shape index (κ1) is 14.0. The summed E-state index contributed by atoms with van der Waals surface area (Å²) in [7, 11) is 4.93. The fraction of sp³-hybridized carbons (Fsp3) is 0.600. The van der Waals surface area contributed by atoms with E-state index < -0.39 is 0 Å². The van der Waals surface area contributed by atoms with E-state index in [-0.39, 0.29) is 0 Å². The molecule has 2 unspecified atom stereocenters. The number of nitrogens with one attached hydrogen (secondary N) is 1. The Hall–Kier alpha value is -1.42. The zero-order valence-electron chi connectivity index (χ0n) is 12.2. The smallest absolute Gasteiger partial charge is 0.203 e. The number of ether oxygens (including phenoxy) is 3. The molecule has 1 aliphatic heterocycles. The van der Waals surface area contributed by atoms with Crippen molar-refractivity contribution in [3.63, 3.8) is 0 Å². The predicted molar refractivity (Wildman–Crippen MR) is 75.2 cm³/mol. The van der Waals surface area contributed by atoms with Crippen LogP contribution in [0.3, 0.4) is 0 Å². The third-order valence-corrected chi connectivity index (χ3v) is 3.92. The lowest BCUT2D eigenvalue weighted by molar-refractivity contribution is 0.322. The molecule has 1 heterocycles. The highest BCUT2D eigenvalue weighted by Crippen LogP contribution is 2.42. The van der Waals surface area contributed by atoms with Crippen LogP contribution in [0.15, 0.2) is 12.1 Å². The highest BCUT2D eigenvalue weighted by Gasteiger charge is 2.28. The van der Waals surface area contributed by atoms with E-state index in [1.165, 1.54) is 18.4 Å². The van der Waals surface area contributed by atoms with Crippen LogP contribution in [0.2, 0.25) is 0 Å². The van der Waals surface area contributed by atoms with E-state index in [0.29, 0.717) is 17.7 Å². The van der Waals surface area contributed by atoms with Gasteiger partial charge < -0.3 is 19.5 Å². The average Bonchev–Trinajstić information content (AvgIpc) is 2.93. The zero-order valence-corrected chi connectivity index (χ0v) is 12.2. The second-order valence-electron chi connectivity index (χ2n) is 4.85. The molecule has 1 aliphatic rings. The molecule has 2 rings (SSSR count). The molecular formula is C15H23NO3. The van der Waals surface area contributed by atoms with Crippen molar-refractivity contribution in [2.45, 2.75) is 25.8 Å². The summed E-state index contributed by atoms with van der Waals surface area (Å²) in [6.07, 6.45) is 2.39. The van der Waals surface area contributed by atoms with Gasteiger partial charge in [0.2, 0.25) is 5.75 Å². The fourth-order valence-electron chi connectivity index (χ4n) is 2.87. The molecule has 1 saturated heterocycles. The SMILES string of the molecule is CCC1CCNC1c1cc(OC)c(OC)c(OC)c1. The Balaban J connectivity index is 2.41. The Morgan fingerprint density at radius 3 is 2.21 bits per heavy atom. The quantitative estimate of drug-likeness (QED) is 0.888. The zero-order chi connectivity index (χ0) is 13.8. The van der Waals surface area contributed by atoms with Crippen molar-refractivity contribution < 1.29 is 14.2 Å². The molecule has 0 bridgehead atoms. The lowest BCUT2D eigenvalue weighted by atomic mass is 9.92. The maximum atomic E-state index is 5.42. The first-order valence-electron chi connectivity index (χ1n) is 6.78. The van der Waals surface area contributed by atoms with Crippen molar-refractivity contribution in [1.82, 2.24) is 5.32 Å². The van der Waals surface area contributed by atoms with Crippen LogP contribution in [-0.2, 0) is 0 Å². The third kappa shape index (κ3) is 2.63. The average molecular weight is 265 g/mol. The van der Waals surface area contributed by atoms with Crippen LogP contribution in [0.25, 0.3) is 0 Å². The maximum Gasteiger partial charge on any atom is 0.203 e. The molecule has 0 spiro atoms. The predicted octanol–water partition coefficient (Wildman–Crippen LogP) is 2.77. The Labute approximate surface area is 115 Å². The van der Waals surface area contributed by atoms with Gasteiger partial charge in [-0.15, -0.1) is 0 Å². The Kier molecular flexibility index (Phi) is 4.53. The second-order valence-corrected chi connectivity index (χ2v) is 4.85. The third-order valence-electron chi connectivity index (χ3n) is 3.92. The van der Waals surface area contributed by atoms with Crippen LogP contribution in [0, 0.1) is 5.92 Å². The van der Waals surface area contributed by atoms with E-state index in [2.05, 4.69) is 12.2 Å². The molecular weight excluding hydrogens is 242 g/mol. The largest absolute Gasteiger partial charge is 0.493 e. The Bertz CT molecular complexity index is 408. The highest BCUT2D eigenvalue weighted by atomic mass is 16.5. The molecule has 19 heavy (non-hydrogen) atoms. The summed E-state index contributed by atoms with van der Waals surface area (Å²) in [4.78, 5) is 0. The van der Waals surface area contributed by atoms with Gasteiger partial charge in [-0.1, -0.05) is 13.3 Å². The van der Waals surface area contributed by atoms with Gasteiger partial charge in [0.1, 0.15) is 0 Å². The van der Waals surface area contributed by atoms with Gasteiger partial charge in [-0.2, -0.15) is 0 Å². The van der Waals surface area contributed by atoms with E-state index in [4.69, 9.17) is 14.2 Å². The van der Waals surface area contributed by atoms with Crippen molar-refractivity contribution >= 4 is 0 Å². The topological polar surface area (TPSA) is 39.7 Å². The number of hydrogen-bond donors (Lipinski definition) is 1. The van der Waals surface area contributed by atoms with Crippen LogP contribution in [0.1, 0.15) is 31.4 Å². The standard InChI is InChI=1S/C15H23NO3/c1-5-10-6-7-16-14(10)11-8-12(17-2)15(19-4)13(9-11)18-3/h8-10,14,16H,5-7H2,1-4H3. The van der Waals surface area contributed by atoms with E-state index in [0.717, 1.165) is 18.0 Å². The second kappa shape index (κ2) is 6.15. The number of rotatable bonds is 5. The first-order chi connectivity index (χ1) is 9.24. The molecule has 0 aromatic heterocycles.